The summed E-state index contributed by atoms with van der Waals surface area (Å²) >= 11 is 3.48. The Balaban J connectivity index is 1.94. The van der Waals surface area contributed by atoms with Crippen molar-refractivity contribution in [1.29, 1.82) is 0 Å². The Morgan fingerprint density at radius 2 is 1.93 bits per heavy atom. The van der Waals surface area contributed by atoms with E-state index < -0.39 is 0 Å². The number of nitrogens with one attached hydrogen (secondary N) is 1. The molecule has 142 valence electrons. The maximum absolute atomic E-state index is 13.1. The summed E-state index contributed by atoms with van der Waals surface area (Å²) in [4.78, 5) is 19.9. The van der Waals surface area contributed by atoms with Crippen molar-refractivity contribution in [2.24, 2.45) is 0 Å². The van der Waals surface area contributed by atoms with Crippen LogP contribution in [0, 0.1) is 6.92 Å². The second-order valence-corrected chi connectivity index (χ2v) is 7.38. The molecule has 0 atom stereocenters. The second kappa shape index (κ2) is 8.13. The number of amides is 1. The van der Waals surface area contributed by atoms with Crippen LogP contribution >= 0.6 is 15.9 Å². The van der Waals surface area contributed by atoms with E-state index in [0.29, 0.717) is 12.1 Å². The van der Waals surface area contributed by atoms with Gasteiger partial charge in [0.15, 0.2) is 0 Å². The zero-order chi connectivity index (χ0) is 19.6. The first-order valence-corrected chi connectivity index (χ1v) is 10.1. The molecule has 27 heavy (non-hydrogen) atoms. The molecule has 2 heterocycles. The number of benzene rings is 1. The van der Waals surface area contributed by atoms with Crippen LogP contribution in [0.3, 0.4) is 0 Å². The largest absolute Gasteiger partial charge is 0.372 e. The minimum Gasteiger partial charge on any atom is -0.372 e. The lowest BCUT2D eigenvalue weighted by molar-refractivity contribution is 0.102. The standard InChI is InChI=1S/C21H25BrN4O/c1-5-17-20(26-13-15(22)8-11-19(26)23-17)21(27)24-18-10-9-16(12-14(18)4)25(6-2)7-3/h8-13H,5-7H2,1-4H3,(H,24,27). The van der Waals surface area contributed by atoms with Crippen LogP contribution in [0.4, 0.5) is 11.4 Å². The average Bonchev–Trinajstić information content (AvgIpc) is 3.02. The van der Waals surface area contributed by atoms with E-state index in [-0.39, 0.29) is 5.91 Å². The van der Waals surface area contributed by atoms with Crippen LogP contribution in [0.2, 0.25) is 0 Å². The molecule has 5 nitrogen and oxygen atoms in total. The molecular weight excluding hydrogens is 404 g/mol. The van der Waals surface area contributed by atoms with Crippen LogP contribution in [0.15, 0.2) is 41.0 Å². The summed E-state index contributed by atoms with van der Waals surface area (Å²) in [5.41, 5.74) is 5.19. The summed E-state index contributed by atoms with van der Waals surface area (Å²) in [6, 6.07) is 9.99. The molecular formula is C21H25BrN4O. The Bertz CT molecular complexity index is 976. The van der Waals surface area contributed by atoms with Crippen molar-refractivity contribution in [2.75, 3.05) is 23.3 Å². The number of carbonyl (C=O) groups is 1. The van der Waals surface area contributed by atoms with Crippen LogP contribution in [0.1, 0.15) is 42.5 Å². The molecule has 0 saturated heterocycles. The monoisotopic (exact) mass is 428 g/mol. The first kappa shape index (κ1) is 19.4. The molecule has 2 aromatic heterocycles. The minimum atomic E-state index is -0.142. The molecule has 0 bridgehead atoms. The normalized spacial score (nSPS) is 11.0. The smallest absolute Gasteiger partial charge is 0.274 e. The lowest BCUT2D eigenvalue weighted by atomic mass is 10.1. The quantitative estimate of drug-likeness (QED) is 0.596. The summed E-state index contributed by atoms with van der Waals surface area (Å²) in [5, 5.41) is 3.07. The fraction of sp³-hybridized carbons (Fsp3) is 0.333. The number of carbonyl (C=O) groups excluding carboxylic acids is 1. The van der Waals surface area contributed by atoms with Crippen LogP contribution in [0.5, 0.6) is 0 Å². The number of nitrogens with zero attached hydrogens (tertiary/aromatic N) is 3. The van der Waals surface area contributed by atoms with Gasteiger partial charge in [-0.15, -0.1) is 0 Å². The number of imidazole rings is 1. The van der Waals surface area contributed by atoms with E-state index in [1.165, 1.54) is 5.69 Å². The van der Waals surface area contributed by atoms with Gasteiger partial charge in [0.05, 0.1) is 5.69 Å². The van der Waals surface area contributed by atoms with Gasteiger partial charge in [0.1, 0.15) is 11.3 Å². The van der Waals surface area contributed by atoms with Crippen LogP contribution in [-0.4, -0.2) is 28.4 Å². The number of anilines is 2. The summed E-state index contributed by atoms with van der Waals surface area (Å²) in [7, 11) is 0. The van der Waals surface area contributed by atoms with Gasteiger partial charge in [0.2, 0.25) is 0 Å². The van der Waals surface area contributed by atoms with Gasteiger partial charge >= 0.3 is 0 Å². The van der Waals surface area contributed by atoms with Gasteiger partial charge < -0.3 is 10.2 Å². The van der Waals surface area contributed by atoms with E-state index in [0.717, 1.165) is 40.2 Å². The number of pyridine rings is 1. The summed E-state index contributed by atoms with van der Waals surface area (Å²) in [6.45, 7) is 10.2. The van der Waals surface area contributed by atoms with Gasteiger partial charge in [0, 0.05) is 35.1 Å². The molecule has 3 aromatic rings. The molecule has 0 unspecified atom stereocenters. The molecule has 1 amide bonds. The van der Waals surface area contributed by atoms with Crippen molar-refractivity contribution in [3.8, 4) is 0 Å². The van der Waals surface area contributed by atoms with Gasteiger partial charge in [-0.2, -0.15) is 0 Å². The van der Waals surface area contributed by atoms with Crippen LogP contribution in [0.25, 0.3) is 5.65 Å². The van der Waals surface area contributed by atoms with Crippen LogP contribution in [-0.2, 0) is 6.42 Å². The number of hydrogen-bond acceptors (Lipinski definition) is 3. The summed E-state index contributed by atoms with van der Waals surface area (Å²) in [5.74, 6) is -0.142. The lowest BCUT2D eigenvalue weighted by Crippen LogP contribution is -2.22. The zero-order valence-corrected chi connectivity index (χ0v) is 17.8. The fourth-order valence-corrected chi connectivity index (χ4v) is 3.65. The molecule has 1 aromatic carbocycles. The molecule has 0 aliphatic heterocycles. The highest BCUT2D eigenvalue weighted by atomic mass is 79.9. The topological polar surface area (TPSA) is 49.6 Å². The number of rotatable bonds is 6. The van der Waals surface area contributed by atoms with E-state index in [2.05, 4.69) is 57.1 Å². The van der Waals surface area contributed by atoms with Crippen molar-refractivity contribution in [3.63, 3.8) is 0 Å². The lowest BCUT2D eigenvalue weighted by Gasteiger charge is -2.22. The highest BCUT2D eigenvalue weighted by Crippen LogP contribution is 2.24. The summed E-state index contributed by atoms with van der Waals surface area (Å²) in [6.07, 6.45) is 2.58. The van der Waals surface area contributed by atoms with Gasteiger partial charge in [0.25, 0.3) is 5.91 Å². The minimum absolute atomic E-state index is 0.142. The van der Waals surface area contributed by atoms with E-state index in [1.807, 2.05) is 42.6 Å². The molecule has 0 radical (unpaired) electrons. The number of aromatic nitrogens is 2. The van der Waals surface area contributed by atoms with Gasteiger partial charge in [-0.05, 0) is 79.0 Å². The second-order valence-electron chi connectivity index (χ2n) is 6.46. The first-order valence-electron chi connectivity index (χ1n) is 9.31. The first-order chi connectivity index (χ1) is 13.0. The Kier molecular flexibility index (Phi) is 5.85. The third-order valence-corrected chi connectivity index (χ3v) is 5.26. The molecule has 6 heteroatoms. The Labute approximate surface area is 168 Å². The van der Waals surface area contributed by atoms with Crippen molar-refractivity contribution in [2.45, 2.75) is 34.1 Å². The maximum atomic E-state index is 13.1. The molecule has 0 spiro atoms. The number of hydrogen-bond donors (Lipinski definition) is 1. The predicted octanol–water partition coefficient (Wildman–Crippen LogP) is 5.07. The Morgan fingerprint density at radius 3 is 2.56 bits per heavy atom. The predicted molar refractivity (Wildman–Crippen MR) is 115 cm³/mol. The van der Waals surface area contributed by atoms with Crippen molar-refractivity contribution in [3.05, 3.63) is 58.0 Å². The van der Waals surface area contributed by atoms with Crippen LogP contribution < -0.4 is 10.2 Å². The highest BCUT2D eigenvalue weighted by molar-refractivity contribution is 9.10. The molecule has 0 saturated carbocycles. The van der Waals surface area contributed by atoms with E-state index in [1.54, 1.807) is 0 Å². The Hall–Kier alpha value is -2.34. The van der Waals surface area contributed by atoms with Gasteiger partial charge in [-0.1, -0.05) is 6.92 Å². The summed E-state index contributed by atoms with van der Waals surface area (Å²) < 4.78 is 2.75. The fourth-order valence-electron chi connectivity index (χ4n) is 3.31. The SMILES string of the molecule is CCc1nc2ccc(Br)cn2c1C(=O)Nc1ccc(N(CC)CC)cc1C. The van der Waals surface area contributed by atoms with Crippen molar-refractivity contribution < 1.29 is 4.79 Å². The molecule has 1 N–H and O–H groups in total. The van der Waals surface area contributed by atoms with E-state index in [9.17, 15) is 4.79 Å². The number of fused-ring (bicyclic) bond motifs is 1. The van der Waals surface area contributed by atoms with Crippen molar-refractivity contribution in [1.82, 2.24) is 9.38 Å². The third-order valence-electron chi connectivity index (χ3n) is 4.79. The molecule has 0 fully saturated rings. The Morgan fingerprint density at radius 1 is 1.19 bits per heavy atom. The zero-order valence-electron chi connectivity index (χ0n) is 16.2. The average molecular weight is 429 g/mol. The number of aryl methyl sites for hydroxylation is 2. The van der Waals surface area contributed by atoms with E-state index >= 15 is 0 Å². The van der Waals surface area contributed by atoms with Crippen molar-refractivity contribution >= 4 is 38.9 Å². The molecule has 3 rings (SSSR count). The van der Waals surface area contributed by atoms with Gasteiger partial charge in [-0.3, -0.25) is 9.20 Å². The molecule has 0 aliphatic carbocycles. The molecule has 0 aliphatic rings. The number of halogens is 1. The highest BCUT2D eigenvalue weighted by Gasteiger charge is 2.19. The maximum Gasteiger partial charge on any atom is 0.274 e. The van der Waals surface area contributed by atoms with E-state index in [4.69, 9.17) is 0 Å². The third kappa shape index (κ3) is 3.86. The van der Waals surface area contributed by atoms with Gasteiger partial charge in [-0.25, -0.2) is 4.98 Å².